The number of hydrogen-bond donors (Lipinski definition) is 0. The Hall–Kier alpha value is -3.45. The largest absolute Gasteiger partial charge is 0.207 e. The predicted octanol–water partition coefficient (Wildman–Crippen LogP) is 5.88. The van der Waals surface area contributed by atoms with Crippen molar-refractivity contribution < 1.29 is 4.39 Å². The molecule has 0 radical (unpaired) electrons. The normalized spacial score (nSPS) is 16.6. The van der Waals surface area contributed by atoms with Gasteiger partial charge in [0.05, 0.1) is 0 Å². The summed E-state index contributed by atoms with van der Waals surface area (Å²) in [6.07, 6.45) is 5.51. The van der Waals surface area contributed by atoms with Crippen LogP contribution in [0.15, 0.2) is 84.9 Å². The first kappa shape index (κ1) is 19.3. The van der Waals surface area contributed by atoms with Crippen molar-refractivity contribution in [3.63, 3.8) is 0 Å². The maximum atomic E-state index is 15.0. The van der Waals surface area contributed by atoms with Crippen molar-refractivity contribution in [2.45, 2.75) is 32.1 Å². The lowest BCUT2D eigenvalue weighted by Crippen LogP contribution is -2.25. The molecule has 0 heterocycles. The first-order valence-corrected chi connectivity index (χ1v) is 11.5. The van der Waals surface area contributed by atoms with Crippen LogP contribution >= 0.6 is 0 Å². The molecule has 0 bridgehead atoms. The summed E-state index contributed by atoms with van der Waals surface area (Å²) in [4.78, 5) is 0. The van der Waals surface area contributed by atoms with Gasteiger partial charge in [-0.05, 0) is 86.5 Å². The van der Waals surface area contributed by atoms with Crippen LogP contribution in [0, 0.1) is 23.2 Å². The van der Waals surface area contributed by atoms with Crippen LogP contribution in [0.25, 0.3) is 11.6 Å². The molecule has 156 valence electrons. The fourth-order valence-corrected chi connectivity index (χ4v) is 5.70. The maximum Gasteiger partial charge on any atom is 0.127 e. The minimum atomic E-state index is -0.129. The highest BCUT2D eigenvalue weighted by molar-refractivity contribution is 5.71. The van der Waals surface area contributed by atoms with E-state index in [4.69, 9.17) is 0 Å². The van der Waals surface area contributed by atoms with Crippen molar-refractivity contribution >= 4 is 11.6 Å². The average molecular weight is 417 g/mol. The van der Waals surface area contributed by atoms with Gasteiger partial charge in [0, 0.05) is 5.92 Å². The van der Waals surface area contributed by atoms with Crippen LogP contribution in [0.4, 0.5) is 4.39 Å². The van der Waals surface area contributed by atoms with Gasteiger partial charge in [-0.3, -0.25) is 0 Å². The van der Waals surface area contributed by atoms with Gasteiger partial charge in [0.2, 0.25) is 0 Å². The SMILES string of the molecule is Cc1ccccc1C1=c2ccc3c(c2CCC1)C(c1ccccc1F)C=c1ccccc1=3. The fourth-order valence-electron chi connectivity index (χ4n) is 5.70. The van der Waals surface area contributed by atoms with E-state index in [0.29, 0.717) is 0 Å². The highest BCUT2D eigenvalue weighted by Crippen LogP contribution is 2.35. The summed E-state index contributed by atoms with van der Waals surface area (Å²) >= 11 is 0. The van der Waals surface area contributed by atoms with Gasteiger partial charge in [-0.2, -0.15) is 0 Å². The van der Waals surface area contributed by atoms with Gasteiger partial charge in [0.25, 0.3) is 0 Å². The zero-order valence-corrected chi connectivity index (χ0v) is 18.2. The van der Waals surface area contributed by atoms with Crippen LogP contribution in [0.5, 0.6) is 0 Å². The number of hydrogen-bond acceptors (Lipinski definition) is 0. The molecule has 1 unspecified atom stereocenters. The van der Waals surface area contributed by atoms with Crippen molar-refractivity contribution in [2.75, 3.05) is 0 Å². The van der Waals surface area contributed by atoms with E-state index in [9.17, 15) is 0 Å². The second-order valence-electron chi connectivity index (χ2n) is 8.95. The lowest BCUT2D eigenvalue weighted by Gasteiger charge is -2.26. The van der Waals surface area contributed by atoms with Crippen LogP contribution < -0.4 is 10.4 Å². The molecule has 2 aliphatic rings. The second-order valence-corrected chi connectivity index (χ2v) is 8.95. The summed E-state index contributed by atoms with van der Waals surface area (Å²) in [6.45, 7) is 2.20. The molecule has 6 rings (SSSR count). The molecule has 1 atom stereocenters. The van der Waals surface area contributed by atoms with Crippen molar-refractivity contribution in [1.82, 2.24) is 0 Å². The molecule has 0 fully saturated rings. The van der Waals surface area contributed by atoms with Gasteiger partial charge in [-0.25, -0.2) is 4.39 Å². The van der Waals surface area contributed by atoms with Gasteiger partial charge < -0.3 is 0 Å². The molecule has 0 saturated carbocycles. The smallest absolute Gasteiger partial charge is 0.127 e. The molecule has 0 aromatic heterocycles. The van der Waals surface area contributed by atoms with E-state index >= 15 is 4.39 Å². The molecule has 1 heteroatoms. The summed E-state index contributed by atoms with van der Waals surface area (Å²) in [5.41, 5.74) is 7.53. The standard InChI is InChI=1S/C31H25F/c1-20-9-2-4-11-22(20)24-14-8-15-27-25(24)17-18-28-23-12-5-3-10-21(23)19-29(31(27)28)26-13-6-7-16-30(26)32/h2-7,9-13,16-19,29H,8,14-15H2,1H3. The summed E-state index contributed by atoms with van der Waals surface area (Å²) in [5, 5.41) is 5.03. The molecule has 0 saturated heterocycles. The topological polar surface area (TPSA) is 0 Å². The molecule has 4 aromatic carbocycles. The molecular weight excluding hydrogens is 391 g/mol. The number of halogens is 1. The van der Waals surface area contributed by atoms with E-state index in [-0.39, 0.29) is 11.7 Å². The second kappa shape index (κ2) is 7.60. The molecular formula is C31H25F. The first-order chi connectivity index (χ1) is 15.7. The quantitative estimate of drug-likeness (QED) is 0.383. The Labute approximate surface area is 187 Å². The Balaban J connectivity index is 1.76. The molecule has 0 nitrogen and oxygen atoms in total. The zero-order valence-electron chi connectivity index (χ0n) is 18.2. The third kappa shape index (κ3) is 2.96. The molecule has 32 heavy (non-hydrogen) atoms. The first-order valence-electron chi connectivity index (χ1n) is 11.5. The van der Waals surface area contributed by atoms with Crippen LogP contribution in [0.1, 0.15) is 46.6 Å². The van der Waals surface area contributed by atoms with E-state index in [1.165, 1.54) is 48.7 Å². The van der Waals surface area contributed by atoms with Crippen molar-refractivity contribution in [3.8, 4) is 0 Å². The van der Waals surface area contributed by atoms with Crippen molar-refractivity contribution in [1.29, 1.82) is 0 Å². The summed E-state index contributed by atoms with van der Waals surface area (Å²) in [5.74, 6) is -0.206. The number of fused-ring (bicyclic) bond motifs is 4. The van der Waals surface area contributed by atoms with Crippen molar-refractivity contribution in [3.05, 3.63) is 139 Å². The highest BCUT2D eigenvalue weighted by Gasteiger charge is 2.25. The highest BCUT2D eigenvalue weighted by atomic mass is 19.1. The molecule has 4 aromatic rings. The van der Waals surface area contributed by atoms with E-state index in [2.05, 4.69) is 73.7 Å². The van der Waals surface area contributed by atoms with E-state index in [0.717, 1.165) is 24.8 Å². The zero-order chi connectivity index (χ0) is 21.7. The Bertz CT molecular complexity index is 1580. The number of benzene rings is 4. The van der Waals surface area contributed by atoms with E-state index < -0.39 is 0 Å². The minimum absolute atomic E-state index is 0.0766. The Morgan fingerprint density at radius 2 is 1.47 bits per heavy atom. The monoisotopic (exact) mass is 416 g/mol. The molecule has 0 aliphatic heterocycles. The third-order valence-electron chi connectivity index (χ3n) is 7.15. The Morgan fingerprint density at radius 1 is 0.719 bits per heavy atom. The molecule has 0 N–H and O–H groups in total. The van der Waals surface area contributed by atoms with Gasteiger partial charge in [0.1, 0.15) is 5.82 Å². The lowest BCUT2D eigenvalue weighted by molar-refractivity contribution is 0.609. The molecule has 2 aliphatic carbocycles. The van der Waals surface area contributed by atoms with Crippen LogP contribution in [0.3, 0.4) is 0 Å². The fraction of sp³-hybridized carbons (Fsp3) is 0.161. The third-order valence-corrected chi connectivity index (χ3v) is 7.15. The summed E-state index contributed by atoms with van der Waals surface area (Å²) in [6, 6.07) is 29.1. The van der Waals surface area contributed by atoms with Crippen molar-refractivity contribution in [2.24, 2.45) is 0 Å². The van der Waals surface area contributed by atoms with E-state index in [1.54, 1.807) is 12.1 Å². The summed E-state index contributed by atoms with van der Waals surface area (Å²) < 4.78 is 15.0. The average Bonchev–Trinajstić information content (AvgIpc) is 2.83. The molecule has 0 amide bonds. The van der Waals surface area contributed by atoms with E-state index in [1.807, 2.05) is 12.1 Å². The van der Waals surface area contributed by atoms with Gasteiger partial charge in [-0.15, -0.1) is 0 Å². The summed E-state index contributed by atoms with van der Waals surface area (Å²) in [7, 11) is 0. The lowest BCUT2D eigenvalue weighted by atomic mass is 9.77. The van der Waals surface area contributed by atoms with Crippen LogP contribution in [-0.2, 0) is 6.42 Å². The minimum Gasteiger partial charge on any atom is -0.207 e. The number of aryl methyl sites for hydroxylation is 1. The van der Waals surface area contributed by atoms with Gasteiger partial charge in [0.15, 0.2) is 0 Å². The number of rotatable bonds is 2. The molecule has 0 spiro atoms. The van der Waals surface area contributed by atoms with Crippen LogP contribution in [0.2, 0.25) is 0 Å². The van der Waals surface area contributed by atoms with Crippen LogP contribution in [-0.4, -0.2) is 0 Å². The predicted molar refractivity (Wildman–Crippen MR) is 129 cm³/mol. The van der Waals surface area contributed by atoms with Gasteiger partial charge >= 0.3 is 0 Å². The van der Waals surface area contributed by atoms with Gasteiger partial charge in [-0.1, -0.05) is 84.9 Å². The Morgan fingerprint density at radius 3 is 2.34 bits per heavy atom. The Kier molecular flexibility index (Phi) is 4.57. The maximum absolute atomic E-state index is 15.0.